The predicted octanol–water partition coefficient (Wildman–Crippen LogP) is 0.569. The molecule has 2 heteroatoms. The average Bonchev–Trinajstić information content (AvgIpc) is 2.59. The van der Waals surface area contributed by atoms with Crippen molar-refractivity contribution in [3.05, 3.63) is 11.8 Å². The number of nitrogens with zero attached hydrogens (tertiary/aromatic N) is 1. The van der Waals surface area contributed by atoms with Gasteiger partial charge in [0, 0.05) is 31.9 Å². The molecule has 0 aromatic rings. The molecule has 0 bridgehead atoms. The minimum Gasteiger partial charge on any atom is -0.374 e. The minimum absolute atomic E-state index is 1.08. The molecule has 0 radical (unpaired) electrons. The monoisotopic (exact) mass is 138 g/mol. The first-order valence-corrected chi connectivity index (χ1v) is 4.11. The fraction of sp³-hybridized carbons (Fsp3) is 0.750. The zero-order chi connectivity index (χ0) is 6.81. The van der Waals surface area contributed by atoms with Crippen LogP contribution in [0, 0.1) is 0 Å². The van der Waals surface area contributed by atoms with Crippen LogP contribution in [-0.4, -0.2) is 31.1 Å². The van der Waals surface area contributed by atoms with Crippen LogP contribution in [0.3, 0.4) is 0 Å². The molecule has 1 saturated heterocycles. The van der Waals surface area contributed by atoms with Gasteiger partial charge in [-0.2, -0.15) is 0 Å². The molecule has 1 N–H and O–H groups in total. The van der Waals surface area contributed by atoms with Crippen molar-refractivity contribution in [2.75, 3.05) is 26.2 Å². The first-order valence-electron chi connectivity index (χ1n) is 4.11. The molecular weight excluding hydrogens is 124 g/mol. The second-order valence-electron chi connectivity index (χ2n) is 3.02. The molecular formula is C8H14N2. The topological polar surface area (TPSA) is 15.3 Å². The maximum atomic E-state index is 3.31. The van der Waals surface area contributed by atoms with Gasteiger partial charge in [-0.1, -0.05) is 6.08 Å². The molecule has 56 valence electrons. The molecule has 0 amide bonds. The third-order valence-corrected chi connectivity index (χ3v) is 2.30. The molecule has 2 rings (SSSR count). The predicted molar refractivity (Wildman–Crippen MR) is 41.8 cm³/mol. The molecule has 0 aliphatic carbocycles. The molecule has 2 aliphatic rings. The fourth-order valence-electron chi connectivity index (χ4n) is 1.71. The second kappa shape index (κ2) is 2.62. The van der Waals surface area contributed by atoms with Gasteiger partial charge in [-0.3, -0.25) is 0 Å². The molecule has 0 atom stereocenters. The highest BCUT2D eigenvalue weighted by Crippen LogP contribution is 2.15. The van der Waals surface area contributed by atoms with Crippen LogP contribution in [0.15, 0.2) is 11.8 Å². The maximum Gasteiger partial charge on any atom is 0.0355 e. The maximum absolute atomic E-state index is 3.31. The summed E-state index contributed by atoms with van der Waals surface area (Å²) in [6.45, 7) is 4.74. The summed E-state index contributed by atoms with van der Waals surface area (Å²) in [5.41, 5.74) is 1.53. The Bertz CT molecular complexity index is 145. The van der Waals surface area contributed by atoms with Gasteiger partial charge >= 0.3 is 0 Å². The zero-order valence-electron chi connectivity index (χ0n) is 6.27. The van der Waals surface area contributed by atoms with Gasteiger partial charge in [0.15, 0.2) is 0 Å². The smallest absolute Gasteiger partial charge is 0.0355 e. The summed E-state index contributed by atoms with van der Waals surface area (Å²) in [6.07, 6.45) is 5.08. The molecule has 2 nitrogen and oxygen atoms in total. The number of hydrogen-bond donors (Lipinski definition) is 1. The molecule has 10 heavy (non-hydrogen) atoms. The average molecular weight is 138 g/mol. The molecule has 1 fully saturated rings. The number of hydrogen-bond acceptors (Lipinski definition) is 2. The van der Waals surface area contributed by atoms with Crippen LogP contribution in [0.2, 0.25) is 0 Å². The number of nitrogens with one attached hydrogen (secondary N) is 1. The van der Waals surface area contributed by atoms with Crippen molar-refractivity contribution in [1.82, 2.24) is 10.2 Å². The molecule has 0 saturated carbocycles. The number of likely N-dealkylation sites (tertiary alicyclic amines) is 1. The van der Waals surface area contributed by atoms with Gasteiger partial charge in [0.1, 0.15) is 0 Å². The van der Waals surface area contributed by atoms with Crippen molar-refractivity contribution in [2.45, 2.75) is 12.8 Å². The molecule has 2 heterocycles. The summed E-state index contributed by atoms with van der Waals surface area (Å²) in [6, 6.07) is 0. The third-order valence-electron chi connectivity index (χ3n) is 2.30. The van der Waals surface area contributed by atoms with E-state index in [4.69, 9.17) is 0 Å². The molecule has 2 aliphatic heterocycles. The third kappa shape index (κ3) is 1.03. The highest BCUT2D eigenvalue weighted by atomic mass is 15.2. The van der Waals surface area contributed by atoms with Crippen LogP contribution in [0.4, 0.5) is 0 Å². The molecule has 0 aromatic carbocycles. The lowest BCUT2D eigenvalue weighted by molar-refractivity contribution is 0.420. The van der Waals surface area contributed by atoms with Gasteiger partial charge in [0.25, 0.3) is 0 Å². The van der Waals surface area contributed by atoms with E-state index in [9.17, 15) is 0 Å². The van der Waals surface area contributed by atoms with E-state index in [1.54, 1.807) is 0 Å². The molecule has 0 aromatic heterocycles. The van der Waals surface area contributed by atoms with Gasteiger partial charge in [0.05, 0.1) is 0 Å². The first-order chi connectivity index (χ1) is 4.97. The van der Waals surface area contributed by atoms with Crippen LogP contribution in [0.25, 0.3) is 0 Å². The van der Waals surface area contributed by atoms with Crippen molar-refractivity contribution in [1.29, 1.82) is 0 Å². The fourth-order valence-corrected chi connectivity index (χ4v) is 1.71. The SMILES string of the molecule is C1=C(N2CCCC2)CNC1. The highest BCUT2D eigenvalue weighted by molar-refractivity contribution is 5.10. The Kier molecular flexibility index (Phi) is 1.63. The Labute approximate surface area is 61.9 Å². The quantitative estimate of drug-likeness (QED) is 0.570. The number of rotatable bonds is 1. The largest absolute Gasteiger partial charge is 0.374 e. The summed E-state index contributed by atoms with van der Waals surface area (Å²) < 4.78 is 0. The van der Waals surface area contributed by atoms with Crippen LogP contribution in [-0.2, 0) is 0 Å². The Hall–Kier alpha value is -0.500. The first kappa shape index (κ1) is 6.23. The second-order valence-corrected chi connectivity index (χ2v) is 3.02. The van der Waals surface area contributed by atoms with Crippen LogP contribution in [0.1, 0.15) is 12.8 Å². The van der Waals surface area contributed by atoms with E-state index in [2.05, 4.69) is 16.3 Å². The normalized spacial score (nSPS) is 25.6. The van der Waals surface area contributed by atoms with Crippen LogP contribution >= 0.6 is 0 Å². The summed E-state index contributed by atoms with van der Waals surface area (Å²) in [5, 5.41) is 3.31. The summed E-state index contributed by atoms with van der Waals surface area (Å²) in [5.74, 6) is 0. The van der Waals surface area contributed by atoms with Gasteiger partial charge in [-0.05, 0) is 12.8 Å². The zero-order valence-corrected chi connectivity index (χ0v) is 6.27. The molecule has 0 spiro atoms. The van der Waals surface area contributed by atoms with Crippen molar-refractivity contribution in [2.24, 2.45) is 0 Å². The van der Waals surface area contributed by atoms with E-state index in [0.717, 1.165) is 13.1 Å². The van der Waals surface area contributed by atoms with Crippen molar-refractivity contribution in [3.8, 4) is 0 Å². The summed E-state index contributed by atoms with van der Waals surface area (Å²) in [4.78, 5) is 2.50. The van der Waals surface area contributed by atoms with E-state index in [0.29, 0.717) is 0 Å². The molecule has 0 unspecified atom stereocenters. The van der Waals surface area contributed by atoms with Crippen LogP contribution in [0.5, 0.6) is 0 Å². The lowest BCUT2D eigenvalue weighted by atomic mass is 10.4. The van der Waals surface area contributed by atoms with Crippen molar-refractivity contribution < 1.29 is 0 Å². The van der Waals surface area contributed by atoms with Gasteiger partial charge in [0.2, 0.25) is 0 Å². The van der Waals surface area contributed by atoms with E-state index in [-0.39, 0.29) is 0 Å². The standard InChI is InChI=1S/C8H14N2/c1-2-6-10(5-1)8-3-4-9-7-8/h3,9H,1-2,4-7H2. The van der Waals surface area contributed by atoms with E-state index < -0.39 is 0 Å². The minimum atomic E-state index is 1.08. The Morgan fingerprint density at radius 3 is 2.70 bits per heavy atom. The van der Waals surface area contributed by atoms with E-state index in [1.165, 1.54) is 31.6 Å². The Balaban J connectivity index is 1.97. The highest BCUT2D eigenvalue weighted by Gasteiger charge is 2.15. The lowest BCUT2D eigenvalue weighted by Crippen LogP contribution is -2.22. The van der Waals surface area contributed by atoms with Crippen molar-refractivity contribution >= 4 is 0 Å². The summed E-state index contributed by atoms with van der Waals surface area (Å²) >= 11 is 0. The van der Waals surface area contributed by atoms with Gasteiger partial charge in [-0.25, -0.2) is 0 Å². The van der Waals surface area contributed by atoms with Gasteiger partial charge in [-0.15, -0.1) is 0 Å². The Morgan fingerprint density at radius 1 is 1.30 bits per heavy atom. The van der Waals surface area contributed by atoms with Crippen LogP contribution < -0.4 is 5.32 Å². The van der Waals surface area contributed by atoms with E-state index >= 15 is 0 Å². The Morgan fingerprint density at radius 2 is 2.10 bits per heavy atom. The lowest BCUT2D eigenvalue weighted by Gasteiger charge is -2.17. The van der Waals surface area contributed by atoms with Gasteiger partial charge < -0.3 is 10.2 Å². The van der Waals surface area contributed by atoms with Crippen molar-refractivity contribution in [3.63, 3.8) is 0 Å². The van der Waals surface area contributed by atoms with E-state index in [1.807, 2.05) is 0 Å². The summed E-state index contributed by atoms with van der Waals surface area (Å²) in [7, 11) is 0.